The van der Waals surface area contributed by atoms with Gasteiger partial charge in [0.15, 0.2) is 0 Å². The lowest BCUT2D eigenvalue weighted by Gasteiger charge is -2.34. The van der Waals surface area contributed by atoms with Crippen LogP contribution in [0.2, 0.25) is 0 Å². The summed E-state index contributed by atoms with van der Waals surface area (Å²) >= 11 is 0. The summed E-state index contributed by atoms with van der Waals surface area (Å²) in [7, 11) is 0. The molecule has 0 aliphatic carbocycles. The molecule has 0 spiro atoms. The van der Waals surface area contributed by atoms with Crippen molar-refractivity contribution in [3.63, 3.8) is 0 Å². The Labute approximate surface area is 142 Å². The highest BCUT2D eigenvalue weighted by molar-refractivity contribution is 4.97. The van der Waals surface area contributed by atoms with Crippen LogP contribution in [0.1, 0.15) is 34.1 Å². The molecule has 0 fully saturated rings. The van der Waals surface area contributed by atoms with Crippen molar-refractivity contribution in [3.8, 4) is 0 Å². The first-order valence-corrected chi connectivity index (χ1v) is 7.85. The van der Waals surface area contributed by atoms with E-state index in [1.165, 1.54) is 12.2 Å². The monoisotopic (exact) mass is 333 g/mol. The van der Waals surface area contributed by atoms with E-state index < -0.39 is 22.6 Å². The maximum Gasteiger partial charge on any atom is 0.337 e. The molecule has 132 valence electrons. The molecular weight excluding hydrogens is 306 g/mol. The molecule has 0 bridgehead atoms. The van der Waals surface area contributed by atoms with E-state index in [-0.39, 0.29) is 18.5 Å². The highest BCUT2D eigenvalue weighted by atomic mass is 16.2. The fraction of sp³-hybridized carbons (Fsp3) is 0.500. The first kappa shape index (κ1) is 19.7. The first-order valence-electron chi connectivity index (χ1n) is 7.85. The van der Waals surface area contributed by atoms with Gasteiger partial charge in [-0.15, -0.1) is 19.7 Å². The van der Waals surface area contributed by atoms with Gasteiger partial charge in [0.05, 0.1) is 13.1 Å². The van der Waals surface area contributed by atoms with Gasteiger partial charge in [0.1, 0.15) is 0 Å². The van der Waals surface area contributed by atoms with Crippen LogP contribution in [-0.4, -0.2) is 13.7 Å². The predicted octanol–water partition coefficient (Wildman–Crippen LogP) is 1.88. The Morgan fingerprint density at radius 1 is 0.833 bits per heavy atom. The van der Waals surface area contributed by atoms with Gasteiger partial charge in [-0.1, -0.05) is 32.1 Å². The summed E-state index contributed by atoms with van der Waals surface area (Å²) in [5.74, 6) is 0. The summed E-state index contributed by atoms with van der Waals surface area (Å²) in [4.78, 5) is 38.0. The van der Waals surface area contributed by atoms with Crippen molar-refractivity contribution in [3.05, 3.63) is 69.4 Å². The quantitative estimate of drug-likeness (QED) is 0.682. The minimum Gasteiger partial charge on any atom is -0.247 e. The summed E-state index contributed by atoms with van der Waals surface area (Å²) in [5.41, 5.74) is -2.99. The molecular formula is C18H27N3O3. The lowest BCUT2D eigenvalue weighted by molar-refractivity contribution is 0.212. The molecule has 0 aliphatic rings. The second-order valence-corrected chi connectivity index (χ2v) is 7.16. The molecule has 0 atom stereocenters. The molecule has 1 aromatic heterocycles. The molecule has 0 unspecified atom stereocenters. The fourth-order valence-corrected chi connectivity index (χ4v) is 2.99. The summed E-state index contributed by atoms with van der Waals surface area (Å²) in [6.07, 6.45) is 5.22. The summed E-state index contributed by atoms with van der Waals surface area (Å²) in [5, 5.41) is 0. The maximum absolute atomic E-state index is 12.8. The van der Waals surface area contributed by atoms with Gasteiger partial charge in [-0.3, -0.25) is 0 Å². The minimum absolute atomic E-state index is 0.0377. The molecule has 1 rings (SSSR count). The van der Waals surface area contributed by atoms with Crippen LogP contribution >= 0.6 is 0 Å². The highest BCUT2D eigenvalue weighted by Gasteiger charge is 2.32. The topological polar surface area (TPSA) is 66.0 Å². The third-order valence-electron chi connectivity index (χ3n) is 3.98. The van der Waals surface area contributed by atoms with Crippen molar-refractivity contribution in [2.24, 2.45) is 5.41 Å². The van der Waals surface area contributed by atoms with Crippen molar-refractivity contribution < 1.29 is 0 Å². The van der Waals surface area contributed by atoms with Gasteiger partial charge in [0, 0.05) is 5.54 Å². The molecule has 0 saturated carbocycles. The summed E-state index contributed by atoms with van der Waals surface area (Å²) in [6.45, 7) is 18.6. The maximum atomic E-state index is 12.8. The van der Waals surface area contributed by atoms with Crippen LogP contribution in [0.5, 0.6) is 0 Å². The van der Waals surface area contributed by atoms with E-state index in [0.717, 1.165) is 13.7 Å². The molecule has 1 heterocycles. The van der Waals surface area contributed by atoms with Gasteiger partial charge >= 0.3 is 17.1 Å². The number of hydrogen-bond acceptors (Lipinski definition) is 3. The molecule has 0 aliphatic heterocycles. The lowest BCUT2D eigenvalue weighted by Crippen LogP contribution is -2.59. The zero-order chi connectivity index (χ0) is 18.7. The molecule has 0 radical (unpaired) electrons. The Morgan fingerprint density at radius 3 is 1.58 bits per heavy atom. The van der Waals surface area contributed by atoms with Crippen molar-refractivity contribution in [1.29, 1.82) is 0 Å². The Morgan fingerprint density at radius 2 is 1.25 bits per heavy atom. The fourth-order valence-electron chi connectivity index (χ4n) is 2.99. The van der Waals surface area contributed by atoms with Crippen LogP contribution in [0.4, 0.5) is 0 Å². The molecule has 24 heavy (non-hydrogen) atoms. The average Bonchev–Trinajstić information content (AvgIpc) is 2.46. The van der Waals surface area contributed by atoms with Gasteiger partial charge < -0.3 is 0 Å². The Kier molecular flexibility index (Phi) is 5.76. The van der Waals surface area contributed by atoms with E-state index in [9.17, 15) is 14.4 Å². The second kappa shape index (κ2) is 7.03. The standard InChI is InChI=1S/C18H27N3O3/c1-8-11-19-14(22)20(12-9-2)16(24)21(15(19)23)18(6,7)13-17(4,5)10-3/h8-10H,1-3,11-13H2,4-7H3. The van der Waals surface area contributed by atoms with Crippen LogP contribution in [0, 0.1) is 5.41 Å². The Hall–Kier alpha value is -2.37. The third-order valence-corrected chi connectivity index (χ3v) is 3.98. The average molecular weight is 333 g/mol. The van der Waals surface area contributed by atoms with E-state index in [1.807, 2.05) is 27.7 Å². The molecule has 0 N–H and O–H groups in total. The smallest absolute Gasteiger partial charge is 0.247 e. The lowest BCUT2D eigenvalue weighted by atomic mass is 9.80. The molecule has 0 aromatic carbocycles. The largest absolute Gasteiger partial charge is 0.337 e. The van der Waals surface area contributed by atoms with Crippen molar-refractivity contribution in [1.82, 2.24) is 13.7 Å². The van der Waals surface area contributed by atoms with Crippen LogP contribution in [0.25, 0.3) is 0 Å². The zero-order valence-corrected chi connectivity index (χ0v) is 15.0. The van der Waals surface area contributed by atoms with Crippen LogP contribution < -0.4 is 17.1 Å². The molecule has 0 amide bonds. The summed E-state index contributed by atoms with van der Waals surface area (Å²) < 4.78 is 3.17. The zero-order valence-electron chi connectivity index (χ0n) is 15.0. The minimum atomic E-state index is -0.800. The number of nitrogens with zero attached hydrogens (tertiary/aromatic N) is 3. The van der Waals surface area contributed by atoms with Crippen molar-refractivity contribution >= 4 is 0 Å². The Bertz CT molecular complexity index is 771. The van der Waals surface area contributed by atoms with E-state index in [4.69, 9.17) is 0 Å². The second-order valence-electron chi connectivity index (χ2n) is 7.16. The van der Waals surface area contributed by atoms with Crippen LogP contribution in [-0.2, 0) is 18.6 Å². The normalized spacial score (nSPS) is 12.0. The Balaban J connectivity index is 3.81. The van der Waals surface area contributed by atoms with E-state index >= 15 is 0 Å². The third kappa shape index (κ3) is 3.75. The van der Waals surface area contributed by atoms with Gasteiger partial charge in [-0.2, -0.15) is 0 Å². The SMILES string of the molecule is C=CCn1c(=O)n(CC=C)c(=O)n(C(C)(C)CC(C)(C)C=C)c1=O. The highest BCUT2D eigenvalue weighted by Crippen LogP contribution is 2.31. The van der Waals surface area contributed by atoms with Gasteiger partial charge in [-0.25, -0.2) is 28.1 Å². The predicted molar refractivity (Wildman–Crippen MR) is 97.5 cm³/mol. The number of allylic oxidation sites excluding steroid dienone is 3. The van der Waals surface area contributed by atoms with E-state index in [0.29, 0.717) is 6.42 Å². The number of rotatable bonds is 8. The molecule has 6 nitrogen and oxygen atoms in total. The van der Waals surface area contributed by atoms with Crippen molar-refractivity contribution in [2.45, 2.75) is 52.7 Å². The molecule has 0 saturated heterocycles. The first-order chi connectivity index (χ1) is 11.0. The van der Waals surface area contributed by atoms with E-state index in [2.05, 4.69) is 19.7 Å². The van der Waals surface area contributed by atoms with Crippen LogP contribution in [0.3, 0.4) is 0 Å². The molecule has 1 aromatic rings. The summed E-state index contributed by atoms with van der Waals surface area (Å²) in [6, 6.07) is 0. The van der Waals surface area contributed by atoms with Gasteiger partial charge in [0.2, 0.25) is 0 Å². The van der Waals surface area contributed by atoms with Crippen LogP contribution in [0.15, 0.2) is 52.3 Å². The molecule has 6 heteroatoms. The number of aromatic nitrogens is 3. The van der Waals surface area contributed by atoms with E-state index in [1.54, 1.807) is 6.08 Å². The van der Waals surface area contributed by atoms with Gasteiger partial charge in [-0.05, 0) is 25.7 Å². The van der Waals surface area contributed by atoms with Gasteiger partial charge in [0.25, 0.3) is 0 Å². The van der Waals surface area contributed by atoms with Crippen molar-refractivity contribution in [2.75, 3.05) is 0 Å². The number of hydrogen-bond donors (Lipinski definition) is 0.